The van der Waals surface area contributed by atoms with Gasteiger partial charge in [-0.15, -0.1) is 0 Å². The summed E-state index contributed by atoms with van der Waals surface area (Å²) >= 11 is 0. The molecule has 39 heavy (non-hydrogen) atoms. The van der Waals surface area contributed by atoms with Gasteiger partial charge in [0.25, 0.3) is 5.91 Å². The van der Waals surface area contributed by atoms with E-state index < -0.39 is 23.3 Å². The SMILES string of the molecule is C[C@H]1CN(C(=O)C2CCCC2)CC[C@H]1c1cn(C)c2ncc(NC(=O)c3cccc(C#N)c3)c(C(F)(F)F)c12.[HH]. The molecule has 10 heteroatoms. The van der Waals surface area contributed by atoms with Crippen molar-refractivity contribution < 1.29 is 24.2 Å². The highest BCUT2D eigenvalue weighted by Crippen LogP contribution is 2.45. The molecule has 1 saturated heterocycles. The topological polar surface area (TPSA) is 91.0 Å². The number of aryl methyl sites for hydroxylation is 1. The lowest BCUT2D eigenvalue weighted by atomic mass is 9.80. The van der Waals surface area contributed by atoms with Crippen LogP contribution in [0.5, 0.6) is 0 Å². The number of benzene rings is 1. The van der Waals surface area contributed by atoms with Crippen molar-refractivity contribution in [1.82, 2.24) is 14.5 Å². The van der Waals surface area contributed by atoms with Gasteiger partial charge < -0.3 is 14.8 Å². The molecule has 2 fully saturated rings. The molecule has 3 aromatic rings. The summed E-state index contributed by atoms with van der Waals surface area (Å²) in [7, 11) is 1.66. The predicted molar refractivity (Wildman–Crippen MR) is 142 cm³/mol. The van der Waals surface area contributed by atoms with Crippen LogP contribution in [0.4, 0.5) is 18.9 Å². The van der Waals surface area contributed by atoms with Crippen molar-refractivity contribution in [3.05, 3.63) is 58.9 Å². The molecule has 206 valence electrons. The highest BCUT2D eigenvalue weighted by Gasteiger charge is 2.41. The Morgan fingerprint density at radius 3 is 2.62 bits per heavy atom. The van der Waals surface area contributed by atoms with Gasteiger partial charge >= 0.3 is 6.18 Å². The maximum Gasteiger partial charge on any atom is 0.419 e. The van der Waals surface area contributed by atoms with Gasteiger partial charge in [-0.25, -0.2) is 4.98 Å². The lowest BCUT2D eigenvalue weighted by Gasteiger charge is -2.38. The number of anilines is 1. The van der Waals surface area contributed by atoms with E-state index in [1.165, 1.54) is 24.3 Å². The molecule has 1 aromatic carbocycles. The van der Waals surface area contributed by atoms with E-state index >= 15 is 0 Å². The van der Waals surface area contributed by atoms with E-state index in [2.05, 4.69) is 10.3 Å². The molecule has 1 N–H and O–H groups in total. The molecule has 0 unspecified atom stereocenters. The van der Waals surface area contributed by atoms with Crippen LogP contribution in [0.2, 0.25) is 0 Å². The van der Waals surface area contributed by atoms with Crippen LogP contribution in [-0.4, -0.2) is 39.4 Å². The van der Waals surface area contributed by atoms with Gasteiger partial charge in [-0.1, -0.05) is 25.8 Å². The minimum absolute atomic E-state index is 0. The molecule has 0 radical (unpaired) electrons. The summed E-state index contributed by atoms with van der Waals surface area (Å²) < 4.78 is 45.6. The van der Waals surface area contributed by atoms with Crippen LogP contribution in [0.3, 0.4) is 0 Å². The first kappa shape index (κ1) is 26.7. The zero-order valence-electron chi connectivity index (χ0n) is 21.9. The predicted octanol–water partition coefficient (Wildman–Crippen LogP) is 6.10. The number of carbonyl (C=O) groups excluding carboxylic acids is 2. The van der Waals surface area contributed by atoms with Gasteiger partial charge in [0.2, 0.25) is 5.91 Å². The number of alkyl halides is 3. The summed E-state index contributed by atoms with van der Waals surface area (Å²) in [6.07, 6.45) is 2.46. The largest absolute Gasteiger partial charge is 0.419 e. The van der Waals surface area contributed by atoms with Crippen molar-refractivity contribution in [1.29, 1.82) is 5.26 Å². The number of piperidine rings is 1. The van der Waals surface area contributed by atoms with Gasteiger partial charge in [-0.2, -0.15) is 18.4 Å². The highest BCUT2D eigenvalue weighted by atomic mass is 19.4. The van der Waals surface area contributed by atoms with Gasteiger partial charge in [0.15, 0.2) is 0 Å². The second-order valence-corrected chi connectivity index (χ2v) is 10.7. The maximum atomic E-state index is 14.7. The van der Waals surface area contributed by atoms with Crippen LogP contribution in [0.1, 0.15) is 73.4 Å². The number of aromatic nitrogens is 2. The Labute approximate surface area is 226 Å². The Morgan fingerprint density at radius 2 is 1.95 bits per heavy atom. The van der Waals surface area contributed by atoms with E-state index in [4.69, 9.17) is 5.26 Å². The Bertz CT molecular complexity index is 1470. The van der Waals surface area contributed by atoms with E-state index in [9.17, 15) is 22.8 Å². The molecule has 7 nitrogen and oxygen atoms in total. The molecular weight excluding hydrogens is 507 g/mol. The molecule has 1 aliphatic heterocycles. The van der Waals surface area contributed by atoms with E-state index in [1.807, 2.05) is 17.9 Å². The van der Waals surface area contributed by atoms with E-state index in [0.29, 0.717) is 25.1 Å². The smallest absolute Gasteiger partial charge is 0.342 e. The minimum atomic E-state index is -4.77. The Kier molecular flexibility index (Phi) is 7.10. The van der Waals surface area contributed by atoms with Gasteiger partial charge in [-0.05, 0) is 54.9 Å². The quantitative estimate of drug-likeness (QED) is 0.434. The van der Waals surface area contributed by atoms with Crippen LogP contribution < -0.4 is 5.32 Å². The third-order valence-corrected chi connectivity index (χ3v) is 8.12. The fraction of sp³-hybridized carbons (Fsp3) is 0.448. The summed E-state index contributed by atoms with van der Waals surface area (Å²) in [5.74, 6) is -0.792. The van der Waals surface area contributed by atoms with Crippen LogP contribution >= 0.6 is 0 Å². The zero-order valence-corrected chi connectivity index (χ0v) is 21.9. The molecule has 2 aromatic heterocycles. The number of nitrogens with one attached hydrogen (secondary N) is 1. The fourth-order valence-electron chi connectivity index (χ4n) is 6.21. The molecule has 1 saturated carbocycles. The number of amides is 2. The van der Waals surface area contributed by atoms with Crippen molar-refractivity contribution in [3.63, 3.8) is 0 Å². The molecule has 0 spiro atoms. The average Bonchev–Trinajstić information content (AvgIpc) is 3.56. The molecule has 1 aliphatic carbocycles. The van der Waals surface area contributed by atoms with Crippen molar-refractivity contribution in [3.8, 4) is 6.07 Å². The number of carbonyl (C=O) groups is 2. The van der Waals surface area contributed by atoms with E-state index in [1.54, 1.807) is 17.8 Å². The normalized spacial score (nSPS) is 20.3. The number of pyridine rings is 1. The molecule has 3 heterocycles. The summed E-state index contributed by atoms with van der Waals surface area (Å²) in [6.45, 7) is 2.98. The van der Waals surface area contributed by atoms with Crippen molar-refractivity contribution in [2.24, 2.45) is 18.9 Å². The van der Waals surface area contributed by atoms with Crippen molar-refractivity contribution >= 4 is 28.5 Å². The van der Waals surface area contributed by atoms with Crippen molar-refractivity contribution in [2.45, 2.75) is 51.1 Å². The van der Waals surface area contributed by atoms with Crippen LogP contribution in [-0.2, 0) is 18.0 Å². The van der Waals surface area contributed by atoms with E-state index in [0.717, 1.165) is 31.9 Å². The lowest BCUT2D eigenvalue weighted by molar-refractivity contribution is -0.137. The summed E-state index contributed by atoms with van der Waals surface area (Å²) in [4.78, 5) is 32.1. The number of hydrogen-bond donors (Lipinski definition) is 1. The summed E-state index contributed by atoms with van der Waals surface area (Å²) in [5.41, 5.74) is -0.373. The first-order valence-corrected chi connectivity index (χ1v) is 13.2. The average molecular weight is 540 g/mol. The Morgan fingerprint density at radius 1 is 1.21 bits per heavy atom. The summed E-state index contributed by atoms with van der Waals surface area (Å²) in [5, 5.41) is 11.5. The second-order valence-electron chi connectivity index (χ2n) is 10.7. The molecular formula is C29H32F3N5O2. The van der Waals surface area contributed by atoms with Gasteiger partial charge in [0.05, 0.1) is 29.1 Å². The second kappa shape index (κ2) is 10.4. The standard InChI is InChI=1S/C29H30F3N5O2.H2/c1-17-15-37(28(39)19-7-3-4-8-19)11-10-21(17)22-16-36(2)26-24(22)25(29(30,31)32)23(14-34-26)35-27(38)20-9-5-6-18(12-20)13-33;/h5-6,9,12,14,16-17,19,21H,3-4,7-8,10-11,15H2,1-2H3,(H,35,38);1H/t17-,21+;/m0./s1. The fourth-order valence-corrected chi connectivity index (χ4v) is 6.21. The minimum Gasteiger partial charge on any atom is -0.342 e. The van der Waals surface area contributed by atoms with Crippen molar-refractivity contribution in [2.75, 3.05) is 18.4 Å². The monoisotopic (exact) mass is 539 g/mol. The van der Waals surface area contributed by atoms with Gasteiger partial charge in [0.1, 0.15) is 5.65 Å². The number of rotatable bonds is 4. The third kappa shape index (κ3) is 5.10. The Balaban J connectivity index is 0.00000370. The number of hydrogen-bond acceptors (Lipinski definition) is 4. The molecule has 2 atom stereocenters. The number of nitriles is 1. The number of fused-ring (bicyclic) bond motifs is 1. The maximum absolute atomic E-state index is 14.7. The number of likely N-dealkylation sites (tertiary alicyclic amines) is 1. The first-order chi connectivity index (χ1) is 18.6. The molecule has 2 aliphatic rings. The zero-order chi connectivity index (χ0) is 27.9. The van der Waals surface area contributed by atoms with Crippen LogP contribution in [0.25, 0.3) is 11.0 Å². The molecule has 5 rings (SSSR count). The van der Waals surface area contributed by atoms with Crippen LogP contribution in [0.15, 0.2) is 36.7 Å². The molecule has 2 amide bonds. The van der Waals surface area contributed by atoms with Gasteiger partial charge in [-0.3, -0.25) is 9.59 Å². The number of halogens is 3. The lowest BCUT2D eigenvalue weighted by Crippen LogP contribution is -2.44. The Hall–Kier alpha value is -3.87. The number of nitrogens with zero attached hydrogens (tertiary/aromatic N) is 4. The molecule has 0 bridgehead atoms. The third-order valence-electron chi connectivity index (χ3n) is 8.12. The highest BCUT2D eigenvalue weighted by molar-refractivity contribution is 6.06. The summed E-state index contributed by atoms with van der Waals surface area (Å²) in [6, 6.07) is 7.69. The van der Waals surface area contributed by atoms with Crippen LogP contribution in [0, 0.1) is 23.2 Å². The van der Waals surface area contributed by atoms with Gasteiger partial charge in [0, 0.05) is 44.6 Å². The van der Waals surface area contributed by atoms with E-state index in [-0.39, 0.29) is 47.2 Å². The first-order valence-electron chi connectivity index (χ1n) is 13.2.